The van der Waals surface area contributed by atoms with Crippen LogP contribution in [-0.4, -0.2) is 12.6 Å². The van der Waals surface area contributed by atoms with Crippen LogP contribution >= 0.6 is 0 Å². The van der Waals surface area contributed by atoms with E-state index < -0.39 is 0 Å². The molecule has 0 saturated carbocycles. The lowest BCUT2D eigenvalue weighted by molar-refractivity contribution is 0.327. The quantitative estimate of drug-likeness (QED) is 0.708. The van der Waals surface area contributed by atoms with Crippen LogP contribution in [0.3, 0.4) is 0 Å². The van der Waals surface area contributed by atoms with Crippen molar-refractivity contribution < 1.29 is 0 Å². The molecule has 18 heavy (non-hydrogen) atoms. The third kappa shape index (κ3) is 4.13. The van der Waals surface area contributed by atoms with Crippen molar-refractivity contribution in [1.82, 2.24) is 5.32 Å². The van der Waals surface area contributed by atoms with Gasteiger partial charge in [0.05, 0.1) is 0 Å². The van der Waals surface area contributed by atoms with Crippen LogP contribution in [0.25, 0.3) is 0 Å². The molecule has 3 atom stereocenters. The van der Waals surface area contributed by atoms with Crippen LogP contribution in [0.5, 0.6) is 0 Å². The molecule has 0 aromatic heterocycles. The SMILES string of the molecule is CCCNC(CC)C(c1ccccc1)C(C)CC. The lowest BCUT2D eigenvalue weighted by Crippen LogP contribution is -2.37. The Kier molecular flexibility index (Phi) is 7.04. The second-order valence-electron chi connectivity index (χ2n) is 5.29. The van der Waals surface area contributed by atoms with E-state index in [9.17, 15) is 0 Å². The Morgan fingerprint density at radius 2 is 1.67 bits per heavy atom. The second-order valence-corrected chi connectivity index (χ2v) is 5.29. The number of hydrogen-bond donors (Lipinski definition) is 1. The Hall–Kier alpha value is -0.820. The van der Waals surface area contributed by atoms with Gasteiger partial charge in [-0.3, -0.25) is 0 Å². The summed E-state index contributed by atoms with van der Waals surface area (Å²) in [7, 11) is 0. The fourth-order valence-corrected chi connectivity index (χ4v) is 2.74. The zero-order valence-electron chi connectivity index (χ0n) is 12.4. The normalized spacial score (nSPS) is 16.2. The minimum atomic E-state index is 0.599. The van der Waals surface area contributed by atoms with Crippen LogP contribution in [-0.2, 0) is 0 Å². The highest BCUT2D eigenvalue weighted by Crippen LogP contribution is 2.31. The summed E-state index contributed by atoms with van der Waals surface area (Å²) in [6.45, 7) is 10.3. The summed E-state index contributed by atoms with van der Waals surface area (Å²) in [5.41, 5.74) is 1.49. The minimum Gasteiger partial charge on any atom is -0.313 e. The van der Waals surface area contributed by atoms with E-state index in [1.54, 1.807) is 0 Å². The standard InChI is InChI=1S/C17H29N/c1-5-13-18-16(7-3)17(14(4)6-2)15-11-9-8-10-12-15/h8-12,14,16-18H,5-7,13H2,1-4H3. The van der Waals surface area contributed by atoms with E-state index >= 15 is 0 Å². The summed E-state index contributed by atoms with van der Waals surface area (Å²) in [6, 6.07) is 11.6. The average Bonchev–Trinajstić information content (AvgIpc) is 2.43. The third-order valence-corrected chi connectivity index (χ3v) is 3.97. The van der Waals surface area contributed by atoms with Gasteiger partial charge in [-0.1, -0.05) is 64.4 Å². The molecule has 0 heterocycles. The Morgan fingerprint density at radius 1 is 1.00 bits per heavy atom. The van der Waals surface area contributed by atoms with Crippen molar-refractivity contribution in [3.63, 3.8) is 0 Å². The number of hydrogen-bond acceptors (Lipinski definition) is 1. The van der Waals surface area contributed by atoms with Crippen molar-refractivity contribution in [3.05, 3.63) is 35.9 Å². The van der Waals surface area contributed by atoms with E-state index in [-0.39, 0.29) is 0 Å². The van der Waals surface area contributed by atoms with Gasteiger partial charge in [0.25, 0.3) is 0 Å². The Bertz CT molecular complexity index is 307. The predicted molar refractivity (Wildman–Crippen MR) is 81.0 cm³/mol. The van der Waals surface area contributed by atoms with Crippen molar-refractivity contribution in [2.45, 2.75) is 58.9 Å². The largest absolute Gasteiger partial charge is 0.313 e. The predicted octanol–water partition coefficient (Wildman–Crippen LogP) is 4.59. The summed E-state index contributed by atoms with van der Waals surface area (Å²) in [5, 5.41) is 3.73. The Morgan fingerprint density at radius 3 is 2.17 bits per heavy atom. The van der Waals surface area contributed by atoms with Gasteiger partial charge in [0.15, 0.2) is 0 Å². The maximum atomic E-state index is 3.73. The first-order chi connectivity index (χ1) is 8.74. The first kappa shape index (κ1) is 15.2. The van der Waals surface area contributed by atoms with E-state index in [2.05, 4.69) is 63.3 Å². The highest BCUT2D eigenvalue weighted by Gasteiger charge is 2.25. The minimum absolute atomic E-state index is 0.599. The van der Waals surface area contributed by atoms with Gasteiger partial charge in [-0.05, 0) is 30.9 Å². The molecule has 1 nitrogen and oxygen atoms in total. The maximum absolute atomic E-state index is 3.73. The van der Waals surface area contributed by atoms with E-state index in [1.807, 2.05) is 0 Å². The molecular weight excluding hydrogens is 218 g/mol. The molecule has 0 radical (unpaired) electrons. The van der Waals surface area contributed by atoms with Gasteiger partial charge in [0.2, 0.25) is 0 Å². The summed E-state index contributed by atoms with van der Waals surface area (Å²) in [4.78, 5) is 0. The van der Waals surface area contributed by atoms with Crippen LogP contribution in [0.4, 0.5) is 0 Å². The maximum Gasteiger partial charge on any atom is 0.0136 e. The highest BCUT2D eigenvalue weighted by molar-refractivity contribution is 5.22. The lowest BCUT2D eigenvalue weighted by Gasteiger charge is -2.32. The van der Waals surface area contributed by atoms with E-state index in [0.717, 1.165) is 12.5 Å². The van der Waals surface area contributed by atoms with Gasteiger partial charge in [-0.2, -0.15) is 0 Å². The average molecular weight is 247 g/mol. The van der Waals surface area contributed by atoms with Gasteiger partial charge in [-0.25, -0.2) is 0 Å². The van der Waals surface area contributed by atoms with Gasteiger partial charge < -0.3 is 5.32 Å². The molecule has 102 valence electrons. The number of benzene rings is 1. The third-order valence-electron chi connectivity index (χ3n) is 3.97. The van der Waals surface area contributed by atoms with Crippen molar-refractivity contribution in [1.29, 1.82) is 0 Å². The summed E-state index contributed by atoms with van der Waals surface area (Å²) < 4.78 is 0. The molecule has 0 spiro atoms. The smallest absolute Gasteiger partial charge is 0.0136 e. The van der Waals surface area contributed by atoms with Crippen LogP contribution in [0.15, 0.2) is 30.3 Å². The monoisotopic (exact) mass is 247 g/mol. The molecular formula is C17H29N. The Labute approximate surface area is 113 Å². The van der Waals surface area contributed by atoms with Crippen molar-refractivity contribution in [2.75, 3.05) is 6.54 Å². The molecule has 3 unspecified atom stereocenters. The first-order valence-corrected chi connectivity index (χ1v) is 7.52. The molecule has 0 bridgehead atoms. The fraction of sp³-hybridized carbons (Fsp3) is 0.647. The molecule has 0 aliphatic rings. The summed E-state index contributed by atoms with van der Waals surface area (Å²) in [5.74, 6) is 1.36. The molecule has 1 aromatic rings. The molecule has 0 aliphatic carbocycles. The van der Waals surface area contributed by atoms with E-state index in [1.165, 1.54) is 24.8 Å². The van der Waals surface area contributed by atoms with Crippen LogP contribution < -0.4 is 5.32 Å². The lowest BCUT2D eigenvalue weighted by atomic mass is 9.79. The molecule has 1 N–H and O–H groups in total. The van der Waals surface area contributed by atoms with Crippen molar-refractivity contribution in [2.24, 2.45) is 5.92 Å². The zero-order chi connectivity index (χ0) is 13.4. The highest BCUT2D eigenvalue weighted by atomic mass is 14.9. The topological polar surface area (TPSA) is 12.0 Å². The van der Waals surface area contributed by atoms with Crippen molar-refractivity contribution in [3.8, 4) is 0 Å². The van der Waals surface area contributed by atoms with Crippen molar-refractivity contribution >= 4 is 0 Å². The molecule has 0 fully saturated rings. The van der Waals surface area contributed by atoms with E-state index in [4.69, 9.17) is 0 Å². The second kappa shape index (κ2) is 8.31. The van der Waals surface area contributed by atoms with Crippen LogP contribution in [0.2, 0.25) is 0 Å². The van der Waals surface area contributed by atoms with Gasteiger partial charge in [-0.15, -0.1) is 0 Å². The molecule has 1 rings (SSSR count). The van der Waals surface area contributed by atoms with Gasteiger partial charge in [0.1, 0.15) is 0 Å². The fourth-order valence-electron chi connectivity index (χ4n) is 2.74. The summed E-state index contributed by atoms with van der Waals surface area (Å²) in [6.07, 6.45) is 3.65. The Balaban J connectivity index is 2.89. The number of rotatable bonds is 8. The molecule has 0 aliphatic heterocycles. The molecule has 0 amide bonds. The van der Waals surface area contributed by atoms with Crippen LogP contribution in [0.1, 0.15) is 58.4 Å². The number of nitrogens with one attached hydrogen (secondary N) is 1. The molecule has 1 heteroatoms. The molecule has 1 aromatic carbocycles. The zero-order valence-corrected chi connectivity index (χ0v) is 12.4. The van der Waals surface area contributed by atoms with Crippen LogP contribution in [0, 0.1) is 5.92 Å². The molecule has 0 saturated heterocycles. The van der Waals surface area contributed by atoms with Gasteiger partial charge in [0, 0.05) is 12.0 Å². The summed E-state index contributed by atoms with van der Waals surface area (Å²) >= 11 is 0. The first-order valence-electron chi connectivity index (χ1n) is 7.52. The van der Waals surface area contributed by atoms with Gasteiger partial charge >= 0.3 is 0 Å². The van der Waals surface area contributed by atoms with E-state index in [0.29, 0.717) is 12.0 Å².